The monoisotopic (exact) mass is 363 g/mol. The van der Waals surface area contributed by atoms with Gasteiger partial charge in [-0.05, 0) is 48.5 Å². The van der Waals surface area contributed by atoms with Crippen molar-refractivity contribution in [3.05, 3.63) is 59.7 Å². The van der Waals surface area contributed by atoms with Gasteiger partial charge in [-0.3, -0.25) is 4.31 Å². The molecule has 7 heteroatoms. The molecule has 128 valence electrons. The Bertz CT molecular complexity index is 835. The van der Waals surface area contributed by atoms with E-state index in [-0.39, 0.29) is 0 Å². The Morgan fingerprint density at radius 2 is 1.88 bits per heavy atom. The molecule has 0 spiro atoms. The first-order valence-electron chi connectivity index (χ1n) is 7.40. The number of sulfonamides is 1. The highest BCUT2D eigenvalue weighted by atomic mass is 32.2. The van der Waals surface area contributed by atoms with Crippen LogP contribution < -0.4 is 14.9 Å². The van der Waals surface area contributed by atoms with Gasteiger partial charge < -0.3 is 10.6 Å². The van der Waals surface area contributed by atoms with Gasteiger partial charge in [0.2, 0.25) is 10.0 Å². The minimum absolute atomic E-state index is 0.484. The minimum atomic E-state index is -3.30. The fourth-order valence-electron chi connectivity index (χ4n) is 2.13. The first-order valence-corrected chi connectivity index (χ1v) is 9.66. The third-order valence-electron chi connectivity index (χ3n) is 3.67. The van der Waals surface area contributed by atoms with E-state index >= 15 is 0 Å². The molecule has 0 amide bonds. The summed E-state index contributed by atoms with van der Waals surface area (Å²) in [6, 6.07) is 15.2. The van der Waals surface area contributed by atoms with E-state index in [1.54, 1.807) is 18.2 Å². The summed E-state index contributed by atoms with van der Waals surface area (Å²) >= 11 is 5.31. The molecule has 0 aliphatic carbocycles. The Hall–Kier alpha value is -2.12. The van der Waals surface area contributed by atoms with Gasteiger partial charge >= 0.3 is 0 Å². The summed E-state index contributed by atoms with van der Waals surface area (Å²) in [5.41, 5.74) is 3.67. The fourth-order valence-corrected chi connectivity index (χ4v) is 2.82. The van der Waals surface area contributed by atoms with E-state index in [9.17, 15) is 8.42 Å². The molecule has 24 heavy (non-hydrogen) atoms. The standard InChI is InChI=1S/C17H21N3O2S2/c1-13-7-4-5-8-14(13)12-18-17(23)19-15-9-6-10-16(11-15)20(2)24(3,21)22/h4-11H,12H2,1-3H3,(H2,18,19,23). The highest BCUT2D eigenvalue weighted by Crippen LogP contribution is 2.20. The molecule has 0 fully saturated rings. The van der Waals surface area contributed by atoms with Gasteiger partial charge in [-0.25, -0.2) is 8.42 Å². The first kappa shape index (κ1) is 18.2. The summed E-state index contributed by atoms with van der Waals surface area (Å²) < 4.78 is 24.5. The molecule has 2 N–H and O–H groups in total. The van der Waals surface area contributed by atoms with Crippen LogP contribution in [0.1, 0.15) is 11.1 Å². The van der Waals surface area contributed by atoms with Gasteiger partial charge in [0, 0.05) is 19.3 Å². The predicted molar refractivity (Wildman–Crippen MR) is 104 cm³/mol. The molecule has 5 nitrogen and oxygen atoms in total. The first-order chi connectivity index (χ1) is 11.3. The van der Waals surface area contributed by atoms with Crippen molar-refractivity contribution in [1.82, 2.24) is 5.32 Å². The lowest BCUT2D eigenvalue weighted by molar-refractivity contribution is 0.600. The van der Waals surface area contributed by atoms with Gasteiger partial charge in [0.05, 0.1) is 11.9 Å². The molecule has 0 aliphatic heterocycles. The second-order valence-electron chi connectivity index (χ2n) is 5.51. The van der Waals surface area contributed by atoms with E-state index in [0.717, 1.165) is 5.69 Å². The maximum absolute atomic E-state index is 11.6. The van der Waals surface area contributed by atoms with Crippen molar-refractivity contribution in [2.75, 3.05) is 22.9 Å². The van der Waals surface area contributed by atoms with Crippen molar-refractivity contribution in [3.8, 4) is 0 Å². The highest BCUT2D eigenvalue weighted by Gasteiger charge is 2.12. The number of nitrogens with zero attached hydrogens (tertiary/aromatic N) is 1. The Morgan fingerprint density at radius 3 is 2.54 bits per heavy atom. The SMILES string of the molecule is Cc1ccccc1CNC(=S)Nc1cccc(N(C)S(C)(=O)=O)c1. The van der Waals surface area contributed by atoms with Crippen molar-refractivity contribution >= 4 is 38.7 Å². The van der Waals surface area contributed by atoms with Crippen LogP contribution >= 0.6 is 12.2 Å². The topological polar surface area (TPSA) is 61.4 Å². The van der Waals surface area contributed by atoms with Gasteiger partial charge in [-0.15, -0.1) is 0 Å². The number of anilines is 2. The van der Waals surface area contributed by atoms with Crippen molar-refractivity contribution in [1.29, 1.82) is 0 Å². The smallest absolute Gasteiger partial charge is 0.231 e. The Labute approximate surface area is 148 Å². The van der Waals surface area contributed by atoms with Crippen molar-refractivity contribution in [2.24, 2.45) is 0 Å². The van der Waals surface area contributed by atoms with Gasteiger partial charge in [-0.1, -0.05) is 30.3 Å². The van der Waals surface area contributed by atoms with E-state index < -0.39 is 10.0 Å². The minimum Gasteiger partial charge on any atom is -0.358 e. The van der Waals surface area contributed by atoms with Gasteiger partial charge in [0.1, 0.15) is 0 Å². The van der Waals surface area contributed by atoms with E-state index in [4.69, 9.17) is 12.2 Å². The van der Waals surface area contributed by atoms with Gasteiger partial charge in [0.25, 0.3) is 0 Å². The number of benzene rings is 2. The second-order valence-corrected chi connectivity index (χ2v) is 7.94. The Kier molecular flexibility index (Phi) is 5.80. The van der Waals surface area contributed by atoms with Crippen LogP contribution in [0.2, 0.25) is 0 Å². The molecular formula is C17H21N3O2S2. The maximum Gasteiger partial charge on any atom is 0.231 e. The molecule has 0 saturated carbocycles. The lowest BCUT2D eigenvalue weighted by Gasteiger charge is -2.18. The van der Waals surface area contributed by atoms with Crippen LogP contribution in [0.15, 0.2) is 48.5 Å². The fraction of sp³-hybridized carbons (Fsp3) is 0.235. The third kappa shape index (κ3) is 4.94. The molecule has 0 bridgehead atoms. The van der Waals surface area contributed by atoms with Crippen LogP contribution in [0.25, 0.3) is 0 Å². The normalized spacial score (nSPS) is 11.0. The van der Waals surface area contributed by atoms with E-state index in [1.165, 1.54) is 28.7 Å². The molecule has 0 saturated heterocycles. The zero-order chi connectivity index (χ0) is 17.7. The van der Waals surface area contributed by atoms with E-state index in [2.05, 4.69) is 23.6 Å². The molecule has 0 aromatic heterocycles. The number of hydrogen-bond acceptors (Lipinski definition) is 3. The average molecular weight is 364 g/mol. The van der Waals surface area contributed by atoms with Crippen LogP contribution in [0.5, 0.6) is 0 Å². The molecular weight excluding hydrogens is 342 g/mol. The summed E-state index contributed by atoms with van der Waals surface area (Å²) in [6.45, 7) is 2.68. The Balaban J connectivity index is 2.01. The van der Waals surface area contributed by atoms with E-state index in [0.29, 0.717) is 17.3 Å². The Morgan fingerprint density at radius 1 is 1.17 bits per heavy atom. The van der Waals surface area contributed by atoms with Crippen LogP contribution in [-0.4, -0.2) is 26.8 Å². The quantitative estimate of drug-likeness (QED) is 0.800. The van der Waals surface area contributed by atoms with Gasteiger partial charge in [-0.2, -0.15) is 0 Å². The summed E-state index contributed by atoms with van der Waals surface area (Å²) in [5.74, 6) is 0. The third-order valence-corrected chi connectivity index (χ3v) is 5.12. The molecule has 0 heterocycles. The van der Waals surface area contributed by atoms with Crippen molar-refractivity contribution < 1.29 is 8.42 Å². The lowest BCUT2D eigenvalue weighted by atomic mass is 10.1. The van der Waals surface area contributed by atoms with Crippen molar-refractivity contribution in [3.63, 3.8) is 0 Å². The molecule has 0 aliphatic rings. The number of nitrogens with one attached hydrogen (secondary N) is 2. The zero-order valence-electron chi connectivity index (χ0n) is 13.9. The largest absolute Gasteiger partial charge is 0.358 e. The summed E-state index contributed by atoms with van der Waals surface area (Å²) in [7, 11) is -1.78. The second kappa shape index (κ2) is 7.63. The van der Waals surface area contributed by atoms with Crippen LogP contribution in [0.4, 0.5) is 11.4 Å². The van der Waals surface area contributed by atoms with Crippen LogP contribution in [0.3, 0.4) is 0 Å². The number of hydrogen-bond donors (Lipinski definition) is 2. The molecule has 0 atom stereocenters. The zero-order valence-corrected chi connectivity index (χ0v) is 15.5. The average Bonchev–Trinajstić information content (AvgIpc) is 2.53. The van der Waals surface area contributed by atoms with Crippen LogP contribution in [0, 0.1) is 6.92 Å². The van der Waals surface area contributed by atoms with E-state index in [1.807, 2.05) is 24.3 Å². The lowest BCUT2D eigenvalue weighted by Crippen LogP contribution is -2.28. The molecule has 2 aromatic rings. The molecule has 2 aromatic carbocycles. The number of rotatable bonds is 5. The van der Waals surface area contributed by atoms with Crippen LogP contribution in [-0.2, 0) is 16.6 Å². The van der Waals surface area contributed by atoms with Gasteiger partial charge in [0.15, 0.2) is 5.11 Å². The highest BCUT2D eigenvalue weighted by molar-refractivity contribution is 7.92. The summed E-state index contributed by atoms with van der Waals surface area (Å²) in [4.78, 5) is 0. The maximum atomic E-state index is 11.6. The summed E-state index contributed by atoms with van der Waals surface area (Å²) in [6.07, 6.45) is 1.17. The molecule has 0 unspecified atom stereocenters. The predicted octanol–water partition coefficient (Wildman–Crippen LogP) is 2.88. The number of aryl methyl sites for hydroxylation is 1. The summed E-state index contributed by atoms with van der Waals surface area (Å²) in [5, 5.41) is 6.72. The molecule has 0 radical (unpaired) electrons. The molecule has 2 rings (SSSR count). The van der Waals surface area contributed by atoms with Crippen molar-refractivity contribution in [2.45, 2.75) is 13.5 Å². The number of thiocarbonyl (C=S) groups is 1.